The highest BCUT2D eigenvalue weighted by Gasteiger charge is 2.19. The second kappa shape index (κ2) is 8.04. The first-order valence-corrected chi connectivity index (χ1v) is 9.07. The predicted octanol–water partition coefficient (Wildman–Crippen LogP) is 3.64. The van der Waals surface area contributed by atoms with E-state index in [0.717, 1.165) is 11.3 Å². The van der Waals surface area contributed by atoms with E-state index in [2.05, 4.69) is 15.5 Å². The van der Waals surface area contributed by atoms with Gasteiger partial charge in [-0.05, 0) is 31.5 Å². The fourth-order valence-electron chi connectivity index (χ4n) is 2.55. The van der Waals surface area contributed by atoms with Crippen molar-refractivity contribution in [2.45, 2.75) is 26.4 Å². The first-order valence-electron chi connectivity index (χ1n) is 8.31. The van der Waals surface area contributed by atoms with Crippen molar-refractivity contribution < 1.29 is 14.7 Å². The van der Waals surface area contributed by atoms with E-state index in [1.807, 2.05) is 13.0 Å². The van der Waals surface area contributed by atoms with Gasteiger partial charge in [0.05, 0.1) is 28.4 Å². The van der Waals surface area contributed by atoms with Crippen LogP contribution in [0.5, 0.6) is 0 Å². The van der Waals surface area contributed by atoms with Crippen molar-refractivity contribution in [3.8, 4) is 0 Å². The van der Waals surface area contributed by atoms with Crippen LogP contribution in [-0.2, 0) is 11.3 Å². The maximum Gasteiger partial charge on any atom is 0.338 e. The number of nitrogens with zero attached hydrogens (tertiary/aromatic N) is 4. The number of anilines is 1. The molecule has 0 radical (unpaired) electrons. The van der Waals surface area contributed by atoms with Crippen molar-refractivity contribution in [2.75, 3.05) is 5.32 Å². The number of carbonyl (C=O) groups is 2. The zero-order chi connectivity index (χ0) is 20.4. The Labute approximate surface area is 170 Å². The monoisotopic (exact) mass is 421 g/mol. The standard InChI is InChI=1S/C18H17Cl2N5O3/c1-10-5-16(23-24(10)8-12-3-4-14(19)15(20)6-12)22-17(26)11(2)25-9-13(7-21-25)18(27)28/h3-7,9,11H,8H2,1-2H3,(H,27,28)(H,22,23,26). The van der Waals surface area contributed by atoms with E-state index in [0.29, 0.717) is 22.4 Å². The molecule has 3 rings (SSSR count). The van der Waals surface area contributed by atoms with Crippen LogP contribution in [0.3, 0.4) is 0 Å². The number of hydrogen-bond acceptors (Lipinski definition) is 4. The molecule has 8 nitrogen and oxygen atoms in total. The van der Waals surface area contributed by atoms with Gasteiger partial charge in [-0.15, -0.1) is 0 Å². The van der Waals surface area contributed by atoms with E-state index >= 15 is 0 Å². The summed E-state index contributed by atoms with van der Waals surface area (Å²) in [6.07, 6.45) is 2.50. The van der Waals surface area contributed by atoms with E-state index in [9.17, 15) is 9.59 Å². The SMILES string of the molecule is Cc1cc(NC(=O)C(C)n2cc(C(=O)O)cn2)nn1Cc1ccc(Cl)c(Cl)c1. The second-order valence-corrected chi connectivity index (χ2v) is 7.07. The third kappa shape index (κ3) is 4.35. The van der Waals surface area contributed by atoms with E-state index in [1.54, 1.807) is 29.8 Å². The molecule has 0 saturated carbocycles. The number of carbonyl (C=O) groups excluding carboxylic acids is 1. The number of halogens is 2. The van der Waals surface area contributed by atoms with E-state index in [1.165, 1.54) is 17.1 Å². The first kappa shape index (κ1) is 19.9. The fraction of sp³-hybridized carbons (Fsp3) is 0.222. The molecule has 1 atom stereocenters. The smallest absolute Gasteiger partial charge is 0.338 e. The van der Waals surface area contributed by atoms with Crippen LogP contribution in [0.25, 0.3) is 0 Å². The zero-order valence-electron chi connectivity index (χ0n) is 15.1. The lowest BCUT2D eigenvalue weighted by atomic mass is 10.2. The molecule has 3 aromatic rings. The molecule has 1 unspecified atom stereocenters. The summed E-state index contributed by atoms with van der Waals surface area (Å²) in [4.78, 5) is 23.4. The Kier molecular flexibility index (Phi) is 5.71. The van der Waals surface area contributed by atoms with Gasteiger partial charge < -0.3 is 10.4 Å². The summed E-state index contributed by atoms with van der Waals surface area (Å²) in [5.41, 5.74) is 1.78. The van der Waals surface area contributed by atoms with Crippen molar-refractivity contribution >= 4 is 40.9 Å². The molecule has 0 fully saturated rings. The summed E-state index contributed by atoms with van der Waals surface area (Å²) in [5.74, 6) is -1.07. The van der Waals surface area contributed by atoms with Gasteiger partial charge in [0.1, 0.15) is 6.04 Å². The molecule has 10 heteroatoms. The first-order chi connectivity index (χ1) is 13.2. The van der Waals surface area contributed by atoms with E-state index in [4.69, 9.17) is 28.3 Å². The molecular weight excluding hydrogens is 405 g/mol. The molecule has 0 bridgehead atoms. The highest BCUT2D eigenvalue weighted by molar-refractivity contribution is 6.42. The Morgan fingerprint density at radius 3 is 2.64 bits per heavy atom. The van der Waals surface area contributed by atoms with Crippen LogP contribution in [0.4, 0.5) is 5.82 Å². The van der Waals surface area contributed by atoms with E-state index < -0.39 is 12.0 Å². The molecule has 146 valence electrons. The van der Waals surface area contributed by atoms with Crippen molar-refractivity contribution in [3.63, 3.8) is 0 Å². The predicted molar refractivity (Wildman–Crippen MR) is 105 cm³/mol. The second-order valence-electron chi connectivity index (χ2n) is 6.26. The molecule has 0 aliphatic heterocycles. The summed E-state index contributed by atoms with van der Waals surface area (Å²) in [6, 6.07) is 6.39. The summed E-state index contributed by atoms with van der Waals surface area (Å²) >= 11 is 12.0. The number of carboxylic acid groups (broad SMARTS) is 1. The van der Waals surface area contributed by atoms with Gasteiger partial charge in [-0.2, -0.15) is 10.2 Å². The third-order valence-corrected chi connectivity index (χ3v) is 4.91. The Balaban J connectivity index is 1.70. The van der Waals surface area contributed by atoms with Gasteiger partial charge in [0, 0.05) is 18.0 Å². The van der Waals surface area contributed by atoms with Gasteiger partial charge in [0.15, 0.2) is 5.82 Å². The number of benzene rings is 1. The zero-order valence-corrected chi connectivity index (χ0v) is 16.6. The van der Waals surface area contributed by atoms with Crippen molar-refractivity contribution in [1.82, 2.24) is 19.6 Å². The van der Waals surface area contributed by atoms with Crippen LogP contribution in [-0.4, -0.2) is 36.5 Å². The summed E-state index contributed by atoms with van der Waals surface area (Å²) < 4.78 is 3.02. The number of aromatic carboxylic acids is 1. The van der Waals surface area contributed by atoms with Crippen molar-refractivity contribution in [3.05, 3.63) is 63.5 Å². The minimum absolute atomic E-state index is 0.0152. The van der Waals surface area contributed by atoms with Crippen LogP contribution in [0.15, 0.2) is 36.7 Å². The van der Waals surface area contributed by atoms with Gasteiger partial charge in [-0.25, -0.2) is 4.79 Å². The lowest BCUT2D eigenvalue weighted by molar-refractivity contribution is -0.119. The number of rotatable bonds is 6. The highest BCUT2D eigenvalue weighted by Crippen LogP contribution is 2.23. The van der Waals surface area contributed by atoms with Crippen molar-refractivity contribution in [1.29, 1.82) is 0 Å². The summed E-state index contributed by atoms with van der Waals surface area (Å²) in [5, 5.41) is 20.9. The van der Waals surface area contributed by atoms with Crippen LogP contribution in [0.1, 0.15) is 34.6 Å². The lowest BCUT2D eigenvalue weighted by Crippen LogP contribution is -2.24. The number of aryl methyl sites for hydroxylation is 1. The Bertz CT molecular complexity index is 1040. The Hall–Kier alpha value is -2.84. The number of amides is 1. The normalized spacial score (nSPS) is 12.0. The van der Waals surface area contributed by atoms with Crippen LogP contribution in [0.2, 0.25) is 10.0 Å². The van der Waals surface area contributed by atoms with Gasteiger partial charge >= 0.3 is 5.97 Å². The maximum absolute atomic E-state index is 12.5. The molecule has 1 aromatic carbocycles. The quantitative estimate of drug-likeness (QED) is 0.632. The van der Waals surface area contributed by atoms with Crippen molar-refractivity contribution in [2.24, 2.45) is 0 Å². The number of aromatic nitrogens is 4. The minimum Gasteiger partial charge on any atom is -0.478 e. The number of hydrogen-bond donors (Lipinski definition) is 2. The molecule has 0 aliphatic carbocycles. The van der Waals surface area contributed by atoms with Crippen LogP contribution in [0, 0.1) is 6.92 Å². The molecule has 2 N–H and O–H groups in total. The molecule has 0 aliphatic rings. The Morgan fingerprint density at radius 1 is 1.25 bits per heavy atom. The van der Waals surface area contributed by atoms with Gasteiger partial charge in [0.2, 0.25) is 5.91 Å². The third-order valence-electron chi connectivity index (χ3n) is 4.17. The van der Waals surface area contributed by atoms with Crippen LogP contribution < -0.4 is 5.32 Å². The molecule has 0 saturated heterocycles. The van der Waals surface area contributed by atoms with Gasteiger partial charge in [-0.1, -0.05) is 29.3 Å². The van der Waals surface area contributed by atoms with Gasteiger partial charge in [-0.3, -0.25) is 14.2 Å². The maximum atomic E-state index is 12.5. The fourth-order valence-corrected chi connectivity index (χ4v) is 2.87. The average molecular weight is 422 g/mol. The Morgan fingerprint density at radius 2 is 2.00 bits per heavy atom. The molecule has 2 aromatic heterocycles. The molecule has 28 heavy (non-hydrogen) atoms. The van der Waals surface area contributed by atoms with Gasteiger partial charge in [0.25, 0.3) is 0 Å². The topological polar surface area (TPSA) is 102 Å². The molecule has 1 amide bonds. The molecular formula is C18H17Cl2N5O3. The number of nitrogens with one attached hydrogen (secondary N) is 1. The summed E-state index contributed by atoms with van der Waals surface area (Å²) in [6.45, 7) is 3.96. The lowest BCUT2D eigenvalue weighted by Gasteiger charge is -2.11. The highest BCUT2D eigenvalue weighted by atomic mass is 35.5. The largest absolute Gasteiger partial charge is 0.478 e. The van der Waals surface area contributed by atoms with E-state index in [-0.39, 0.29) is 11.5 Å². The minimum atomic E-state index is -1.10. The summed E-state index contributed by atoms with van der Waals surface area (Å²) in [7, 11) is 0. The average Bonchev–Trinajstić information content (AvgIpc) is 3.25. The van der Waals surface area contributed by atoms with Crippen LogP contribution >= 0.6 is 23.2 Å². The molecule has 0 spiro atoms. The molecule has 2 heterocycles. The number of carboxylic acids is 1.